The highest BCUT2D eigenvalue weighted by molar-refractivity contribution is 5.81. The van der Waals surface area contributed by atoms with E-state index in [0.717, 1.165) is 64.5 Å². The van der Waals surface area contributed by atoms with Crippen LogP contribution in [0.2, 0.25) is 0 Å². The summed E-state index contributed by atoms with van der Waals surface area (Å²) in [6, 6.07) is 0. The van der Waals surface area contributed by atoms with Crippen molar-refractivity contribution in [1.29, 1.82) is 0 Å². The van der Waals surface area contributed by atoms with Crippen molar-refractivity contribution in [3.8, 4) is 0 Å². The molecule has 0 saturated heterocycles. The van der Waals surface area contributed by atoms with Gasteiger partial charge < -0.3 is 31.9 Å². The van der Waals surface area contributed by atoms with Crippen molar-refractivity contribution in [3.63, 3.8) is 0 Å². The molecule has 0 aromatic heterocycles. The zero-order chi connectivity index (χ0) is 53.9. The van der Waals surface area contributed by atoms with E-state index in [4.69, 9.17) is 0 Å². The zero-order valence-corrected chi connectivity index (χ0v) is 49.7. The van der Waals surface area contributed by atoms with Gasteiger partial charge in [-0.15, -0.1) is 0 Å². The van der Waals surface area contributed by atoms with Crippen LogP contribution in [0, 0.1) is 0 Å². The maximum atomic E-state index is 13.1. The molecule has 74 heavy (non-hydrogen) atoms. The molecule has 0 saturated carbocycles. The normalized spacial score (nSPS) is 11.5. The summed E-state index contributed by atoms with van der Waals surface area (Å²) in [7, 11) is 0. The largest absolute Gasteiger partial charge is 0.355 e. The fourth-order valence-corrected chi connectivity index (χ4v) is 9.73. The Balaban J connectivity index is 4.89. The average molecular weight is 1050 g/mol. The number of carbonyl (C=O) groups is 4. The number of nitrogens with zero attached hydrogens (tertiary/aromatic N) is 2. The van der Waals surface area contributed by atoms with E-state index in [1.807, 2.05) is 9.80 Å². The highest BCUT2D eigenvalue weighted by atomic mass is 16.2. The van der Waals surface area contributed by atoms with Gasteiger partial charge in [-0.2, -0.15) is 0 Å². The standard InChI is InChI=1S/C62H126N8O4/c1-5-9-13-17-21-25-29-33-37-41-45-65-59(71)55-69(56-60(72)66-46-42-38-34-30-26-22-18-14-10-6-2)53-51-63-49-50-64-52-54-70(57-61(73)67-47-43-39-35-31-27-23-19-15-11-7-3)58-62(74)68-48-44-40-36-32-28-24-20-16-12-8-4/h63-64H,5-58H2,1-4H3,(H,65,71)(H,66,72)(H,67,73)(H,68,74). The smallest absolute Gasteiger partial charge is 0.234 e. The van der Waals surface area contributed by atoms with Gasteiger partial charge in [0.15, 0.2) is 0 Å². The van der Waals surface area contributed by atoms with Gasteiger partial charge in [-0.05, 0) is 25.7 Å². The summed E-state index contributed by atoms with van der Waals surface area (Å²) in [6.07, 6.45) is 50.5. The fourth-order valence-electron chi connectivity index (χ4n) is 9.73. The summed E-state index contributed by atoms with van der Waals surface area (Å²) in [5.41, 5.74) is 0. The molecule has 0 fully saturated rings. The molecule has 6 N–H and O–H groups in total. The van der Waals surface area contributed by atoms with Crippen molar-refractivity contribution in [1.82, 2.24) is 41.7 Å². The molecule has 0 aromatic rings. The van der Waals surface area contributed by atoms with Crippen molar-refractivity contribution in [2.75, 3.05) is 91.6 Å². The van der Waals surface area contributed by atoms with Crippen LogP contribution in [0.25, 0.3) is 0 Å². The molecule has 0 bridgehead atoms. The van der Waals surface area contributed by atoms with Crippen LogP contribution < -0.4 is 31.9 Å². The van der Waals surface area contributed by atoms with Crippen LogP contribution in [0.5, 0.6) is 0 Å². The van der Waals surface area contributed by atoms with E-state index in [2.05, 4.69) is 59.6 Å². The van der Waals surface area contributed by atoms with Crippen molar-refractivity contribution < 1.29 is 19.2 Å². The molecule has 0 aromatic carbocycles. The second kappa shape index (κ2) is 60.0. The molecule has 0 radical (unpaired) electrons. The van der Waals surface area contributed by atoms with Crippen molar-refractivity contribution in [3.05, 3.63) is 0 Å². The summed E-state index contributed by atoms with van der Waals surface area (Å²) in [6.45, 7) is 16.6. The van der Waals surface area contributed by atoms with Gasteiger partial charge in [0, 0.05) is 65.4 Å². The second-order valence-corrected chi connectivity index (χ2v) is 22.0. The second-order valence-electron chi connectivity index (χ2n) is 22.0. The van der Waals surface area contributed by atoms with Gasteiger partial charge in [0.2, 0.25) is 23.6 Å². The van der Waals surface area contributed by atoms with Crippen LogP contribution in [0.3, 0.4) is 0 Å². The molecule has 0 spiro atoms. The minimum absolute atomic E-state index is 0.0189. The lowest BCUT2D eigenvalue weighted by atomic mass is 10.1. The van der Waals surface area contributed by atoms with E-state index in [1.54, 1.807) is 0 Å². The van der Waals surface area contributed by atoms with E-state index in [-0.39, 0.29) is 49.8 Å². The third-order valence-electron chi connectivity index (χ3n) is 14.6. The maximum Gasteiger partial charge on any atom is 0.234 e. The highest BCUT2D eigenvalue weighted by Crippen LogP contribution is 2.14. The number of nitrogens with one attached hydrogen (secondary N) is 6. The van der Waals surface area contributed by atoms with Gasteiger partial charge in [-0.3, -0.25) is 29.0 Å². The minimum Gasteiger partial charge on any atom is -0.355 e. The Labute approximate surface area is 458 Å². The molecule has 0 rings (SSSR count). The number of rotatable bonds is 61. The number of hydrogen-bond donors (Lipinski definition) is 6. The Morgan fingerprint density at radius 1 is 0.230 bits per heavy atom. The Hall–Kier alpha value is -2.28. The van der Waals surface area contributed by atoms with Gasteiger partial charge in [0.05, 0.1) is 26.2 Å². The first-order chi connectivity index (χ1) is 36.4. The molecule has 0 unspecified atom stereocenters. The molecule has 4 amide bonds. The lowest BCUT2D eigenvalue weighted by molar-refractivity contribution is -0.126. The van der Waals surface area contributed by atoms with Crippen molar-refractivity contribution >= 4 is 23.6 Å². The Morgan fingerprint density at radius 3 is 0.595 bits per heavy atom. The number of amides is 4. The minimum atomic E-state index is -0.0189. The van der Waals surface area contributed by atoms with Crippen LogP contribution >= 0.6 is 0 Å². The molecular formula is C62H126N8O4. The van der Waals surface area contributed by atoms with Gasteiger partial charge in [0.25, 0.3) is 0 Å². The zero-order valence-electron chi connectivity index (χ0n) is 49.7. The van der Waals surface area contributed by atoms with E-state index in [1.165, 1.54) is 205 Å². The van der Waals surface area contributed by atoms with Crippen LogP contribution in [-0.4, -0.2) is 125 Å². The summed E-state index contributed by atoms with van der Waals surface area (Å²) >= 11 is 0. The quantitative estimate of drug-likeness (QED) is 0.0330. The predicted octanol–water partition coefficient (Wildman–Crippen LogP) is 12.9. The molecule has 0 aliphatic rings. The molecule has 12 heteroatoms. The van der Waals surface area contributed by atoms with E-state index < -0.39 is 0 Å². The molecule has 0 atom stereocenters. The van der Waals surface area contributed by atoms with Crippen LogP contribution in [-0.2, 0) is 19.2 Å². The van der Waals surface area contributed by atoms with E-state index >= 15 is 0 Å². The molecular weight excluding hydrogens is 921 g/mol. The molecule has 12 nitrogen and oxygen atoms in total. The van der Waals surface area contributed by atoms with Gasteiger partial charge in [0.1, 0.15) is 0 Å². The summed E-state index contributed by atoms with van der Waals surface area (Å²) in [5, 5.41) is 19.5. The van der Waals surface area contributed by atoms with Gasteiger partial charge in [-0.1, -0.05) is 259 Å². The van der Waals surface area contributed by atoms with E-state index in [0.29, 0.717) is 52.4 Å². The number of hydrogen-bond acceptors (Lipinski definition) is 8. The third kappa shape index (κ3) is 55.9. The molecule has 0 heterocycles. The van der Waals surface area contributed by atoms with Gasteiger partial charge in [-0.25, -0.2) is 0 Å². The fraction of sp³-hybridized carbons (Fsp3) is 0.935. The maximum absolute atomic E-state index is 13.1. The van der Waals surface area contributed by atoms with Crippen LogP contribution in [0.1, 0.15) is 285 Å². The molecule has 0 aliphatic carbocycles. The first-order valence-corrected chi connectivity index (χ1v) is 32.3. The van der Waals surface area contributed by atoms with E-state index in [9.17, 15) is 19.2 Å². The highest BCUT2D eigenvalue weighted by Gasteiger charge is 2.16. The number of carbonyl (C=O) groups excluding carboxylic acids is 4. The summed E-state index contributed by atoms with van der Waals surface area (Å²) in [5.74, 6) is -0.0755. The van der Waals surface area contributed by atoms with Crippen molar-refractivity contribution in [2.45, 2.75) is 285 Å². The predicted molar refractivity (Wildman–Crippen MR) is 318 cm³/mol. The molecule has 438 valence electrons. The Morgan fingerprint density at radius 2 is 0.405 bits per heavy atom. The topological polar surface area (TPSA) is 147 Å². The lowest BCUT2D eigenvalue weighted by Crippen LogP contribution is -2.46. The number of unbranched alkanes of at least 4 members (excludes halogenated alkanes) is 36. The average Bonchev–Trinajstić information content (AvgIpc) is 3.38. The molecule has 0 aliphatic heterocycles. The Kier molecular flexibility index (Phi) is 58.1. The third-order valence-corrected chi connectivity index (χ3v) is 14.6. The summed E-state index contributed by atoms with van der Waals surface area (Å²) < 4.78 is 0. The lowest BCUT2D eigenvalue weighted by Gasteiger charge is -2.22. The SMILES string of the molecule is CCCCCCCCCCCCNC(=O)CN(CCNCCNCCN(CC(=O)NCCCCCCCCCCCC)CC(=O)NCCCCCCCCCCCC)CC(=O)NCCCCCCCCCCCC. The summed E-state index contributed by atoms with van der Waals surface area (Å²) in [4.78, 5) is 56.2. The van der Waals surface area contributed by atoms with Gasteiger partial charge >= 0.3 is 0 Å². The van der Waals surface area contributed by atoms with Crippen LogP contribution in [0.15, 0.2) is 0 Å². The monoisotopic (exact) mass is 1050 g/mol. The Bertz CT molecular complexity index is 1040. The first-order valence-electron chi connectivity index (χ1n) is 32.3. The first kappa shape index (κ1) is 71.7. The van der Waals surface area contributed by atoms with Crippen LogP contribution in [0.4, 0.5) is 0 Å². The van der Waals surface area contributed by atoms with Crippen molar-refractivity contribution in [2.24, 2.45) is 0 Å².